The Labute approximate surface area is 249 Å². The van der Waals surface area contributed by atoms with E-state index in [4.69, 9.17) is 4.98 Å². The molecule has 1 fully saturated rings. The summed E-state index contributed by atoms with van der Waals surface area (Å²) < 4.78 is 58.0. The molecule has 1 aliphatic heterocycles. The first-order chi connectivity index (χ1) is 20.6. The van der Waals surface area contributed by atoms with E-state index in [0.717, 1.165) is 31.4 Å². The normalized spacial score (nSPS) is 15.9. The predicted octanol–water partition coefficient (Wildman–Crippen LogP) is 4.73. The highest BCUT2D eigenvalue weighted by Crippen LogP contribution is 2.36. The fourth-order valence-electron chi connectivity index (χ4n) is 4.88. The number of nitrogens with zero attached hydrogens (tertiary/aromatic N) is 3. The maximum Gasteiger partial charge on any atom is 0.490 e. The molecule has 13 heteroatoms. The maximum atomic E-state index is 13.8. The number of halogens is 4. The summed E-state index contributed by atoms with van der Waals surface area (Å²) in [7, 11) is 0. The lowest BCUT2D eigenvalue weighted by Gasteiger charge is -2.30. The van der Waals surface area contributed by atoms with Crippen molar-refractivity contribution in [2.24, 2.45) is 0 Å². The van der Waals surface area contributed by atoms with Crippen molar-refractivity contribution in [2.45, 2.75) is 61.3 Å². The second-order valence-corrected chi connectivity index (χ2v) is 11.7. The van der Waals surface area contributed by atoms with Gasteiger partial charge in [0.2, 0.25) is 5.91 Å². The number of nitrogens with one attached hydrogen (secondary N) is 1. The van der Waals surface area contributed by atoms with Crippen LogP contribution in [0.3, 0.4) is 0 Å². The molecule has 1 aromatic heterocycles. The Bertz CT molecular complexity index is 1510. The van der Waals surface area contributed by atoms with E-state index in [1.165, 1.54) is 12.1 Å². The number of carbonyl (C=O) groups is 2. The van der Waals surface area contributed by atoms with Gasteiger partial charge in [0, 0.05) is 37.7 Å². The zero-order valence-corrected chi connectivity index (χ0v) is 23.9. The molecule has 3 aromatic rings. The van der Waals surface area contributed by atoms with Crippen molar-refractivity contribution in [1.82, 2.24) is 19.8 Å². The standard InChI is InChI=1S/C30H30F4N4O4S/c31-20-11-9-19(10-12-20)25(42-28(41)30(32,33)34)17-35-15-13-26(39)37-16-14-24-23(18-37)27(40)38(21-5-2-1-3-6-21)29(36-24)43-22-7-4-8-22/h1-3,5-6,9-12,22,25,35H,4,7-8,13-18H2/t25-/m1/s1. The molecular formula is C30H30F4N4O4S. The van der Waals surface area contributed by atoms with Crippen LogP contribution in [0.5, 0.6) is 0 Å². The third kappa shape index (κ3) is 7.45. The van der Waals surface area contributed by atoms with Gasteiger partial charge in [-0.2, -0.15) is 13.2 Å². The monoisotopic (exact) mass is 618 g/mol. The van der Waals surface area contributed by atoms with Crippen molar-refractivity contribution >= 4 is 23.6 Å². The Morgan fingerprint density at radius 2 is 1.81 bits per heavy atom. The van der Waals surface area contributed by atoms with Crippen LogP contribution < -0.4 is 10.9 Å². The van der Waals surface area contributed by atoms with Gasteiger partial charge in [-0.3, -0.25) is 14.2 Å². The number of rotatable bonds is 10. The molecule has 8 nitrogen and oxygen atoms in total. The van der Waals surface area contributed by atoms with Crippen molar-refractivity contribution in [3.63, 3.8) is 0 Å². The number of aromatic nitrogens is 2. The van der Waals surface area contributed by atoms with E-state index < -0.39 is 24.1 Å². The molecular weight excluding hydrogens is 588 g/mol. The number of esters is 1. The second kappa shape index (κ2) is 13.3. The zero-order valence-electron chi connectivity index (χ0n) is 23.1. The van der Waals surface area contributed by atoms with Crippen LogP contribution in [-0.4, -0.2) is 57.4 Å². The number of ether oxygens (including phenoxy) is 1. The number of hydrogen-bond donors (Lipinski definition) is 1. The van der Waals surface area contributed by atoms with Crippen molar-refractivity contribution in [2.75, 3.05) is 19.6 Å². The second-order valence-electron chi connectivity index (χ2n) is 10.4. The quantitative estimate of drug-likeness (QED) is 0.152. The van der Waals surface area contributed by atoms with Gasteiger partial charge in [-0.1, -0.05) is 48.5 Å². The van der Waals surface area contributed by atoms with Crippen LogP contribution in [0, 0.1) is 5.82 Å². The number of benzene rings is 2. The first-order valence-electron chi connectivity index (χ1n) is 14.0. The van der Waals surface area contributed by atoms with Crippen molar-refractivity contribution in [3.05, 3.63) is 87.6 Å². The van der Waals surface area contributed by atoms with E-state index in [0.29, 0.717) is 40.3 Å². The van der Waals surface area contributed by atoms with Crippen LogP contribution in [0.25, 0.3) is 5.69 Å². The van der Waals surface area contributed by atoms with Crippen molar-refractivity contribution < 1.29 is 31.9 Å². The maximum absolute atomic E-state index is 13.8. The summed E-state index contributed by atoms with van der Waals surface area (Å²) in [4.78, 5) is 44.7. The molecule has 43 heavy (non-hydrogen) atoms. The Kier molecular flexibility index (Phi) is 9.50. The zero-order chi connectivity index (χ0) is 30.6. The average molecular weight is 619 g/mol. The Hall–Kier alpha value is -3.71. The molecule has 1 saturated carbocycles. The highest BCUT2D eigenvalue weighted by Gasteiger charge is 2.42. The molecule has 1 aliphatic carbocycles. The van der Waals surface area contributed by atoms with Gasteiger partial charge in [0.25, 0.3) is 5.56 Å². The summed E-state index contributed by atoms with van der Waals surface area (Å²) in [5, 5.41) is 3.94. The molecule has 0 spiro atoms. The Balaban J connectivity index is 1.23. The Morgan fingerprint density at radius 3 is 2.47 bits per heavy atom. The minimum atomic E-state index is -5.19. The first-order valence-corrected chi connectivity index (χ1v) is 14.9. The van der Waals surface area contributed by atoms with Gasteiger partial charge >= 0.3 is 12.1 Å². The summed E-state index contributed by atoms with van der Waals surface area (Å²) in [6.07, 6.45) is -2.79. The molecule has 2 aromatic carbocycles. The molecule has 5 rings (SSSR count). The molecule has 0 unspecified atom stereocenters. The number of amides is 1. The molecule has 228 valence electrons. The van der Waals surface area contributed by atoms with Crippen LogP contribution in [0.15, 0.2) is 64.5 Å². The van der Waals surface area contributed by atoms with Crippen LogP contribution in [0.1, 0.15) is 48.6 Å². The third-order valence-corrected chi connectivity index (χ3v) is 8.75. The molecule has 0 bridgehead atoms. The molecule has 2 heterocycles. The lowest BCUT2D eigenvalue weighted by Crippen LogP contribution is -2.42. The van der Waals surface area contributed by atoms with Crippen molar-refractivity contribution in [3.8, 4) is 5.69 Å². The number of carbonyl (C=O) groups excluding carboxylic acids is 2. The van der Waals surface area contributed by atoms with Gasteiger partial charge < -0.3 is 15.0 Å². The van der Waals surface area contributed by atoms with Gasteiger partial charge in [-0.15, -0.1) is 0 Å². The van der Waals surface area contributed by atoms with E-state index >= 15 is 0 Å². The lowest BCUT2D eigenvalue weighted by molar-refractivity contribution is -0.205. The highest BCUT2D eigenvalue weighted by atomic mass is 32.2. The highest BCUT2D eigenvalue weighted by molar-refractivity contribution is 7.99. The summed E-state index contributed by atoms with van der Waals surface area (Å²) in [5.41, 5.74) is 1.82. The minimum Gasteiger partial charge on any atom is -0.449 e. The van der Waals surface area contributed by atoms with Gasteiger partial charge in [-0.25, -0.2) is 14.2 Å². The Morgan fingerprint density at radius 1 is 1.09 bits per heavy atom. The number of alkyl halides is 3. The SMILES string of the molecule is O=C(CCNC[C@@H](OC(=O)C(F)(F)F)c1ccc(F)cc1)N1CCc2nc(SC3CCC3)n(-c3ccccc3)c(=O)c2C1. The lowest BCUT2D eigenvalue weighted by atomic mass is 10.0. The van der Waals surface area contributed by atoms with Gasteiger partial charge in [0.15, 0.2) is 5.16 Å². The number of fused-ring (bicyclic) bond motifs is 1. The van der Waals surface area contributed by atoms with E-state index in [1.807, 2.05) is 30.3 Å². The van der Waals surface area contributed by atoms with E-state index in [9.17, 15) is 31.9 Å². The largest absolute Gasteiger partial charge is 0.490 e. The van der Waals surface area contributed by atoms with Gasteiger partial charge in [-0.05, 0) is 42.7 Å². The molecule has 0 saturated heterocycles. The van der Waals surface area contributed by atoms with Crippen molar-refractivity contribution in [1.29, 1.82) is 0 Å². The third-order valence-electron chi connectivity index (χ3n) is 7.46. The first kappa shape index (κ1) is 30.7. The van der Waals surface area contributed by atoms with Gasteiger partial charge in [0.05, 0.1) is 23.5 Å². The summed E-state index contributed by atoms with van der Waals surface area (Å²) >= 11 is 1.62. The molecule has 1 amide bonds. The van der Waals surface area contributed by atoms with Crippen LogP contribution in [0.4, 0.5) is 17.6 Å². The number of hydrogen-bond acceptors (Lipinski definition) is 7. The van der Waals surface area contributed by atoms with E-state index in [2.05, 4.69) is 10.1 Å². The fourth-order valence-corrected chi connectivity index (χ4v) is 6.20. The predicted molar refractivity (Wildman–Crippen MR) is 151 cm³/mol. The average Bonchev–Trinajstić information content (AvgIpc) is 2.96. The molecule has 2 aliphatic rings. The van der Waals surface area contributed by atoms with Gasteiger partial charge in [0.1, 0.15) is 11.9 Å². The van der Waals surface area contributed by atoms with E-state index in [-0.39, 0.29) is 43.1 Å². The summed E-state index contributed by atoms with van der Waals surface area (Å²) in [5.74, 6) is -3.21. The molecule has 1 atom stereocenters. The topological polar surface area (TPSA) is 93.5 Å². The fraction of sp³-hybridized carbons (Fsp3) is 0.400. The summed E-state index contributed by atoms with van der Waals surface area (Å²) in [6.45, 7) is 0.328. The smallest absolute Gasteiger partial charge is 0.449 e. The summed E-state index contributed by atoms with van der Waals surface area (Å²) in [6, 6.07) is 13.8. The van der Waals surface area contributed by atoms with Crippen LogP contribution in [0.2, 0.25) is 0 Å². The van der Waals surface area contributed by atoms with Crippen LogP contribution >= 0.6 is 11.8 Å². The van der Waals surface area contributed by atoms with Crippen LogP contribution in [-0.2, 0) is 27.3 Å². The van der Waals surface area contributed by atoms with E-state index in [1.54, 1.807) is 21.2 Å². The number of thioether (sulfide) groups is 1. The molecule has 0 radical (unpaired) electrons. The number of para-hydroxylation sites is 1. The molecule has 1 N–H and O–H groups in total. The minimum absolute atomic E-state index is 0.00535.